The normalized spacial score (nSPS) is 23.4. The zero-order chi connectivity index (χ0) is 22.9. The number of nitrogens with one attached hydrogen (secondary N) is 1. The molecule has 0 aliphatic carbocycles. The quantitative estimate of drug-likeness (QED) is 0.486. The smallest absolute Gasteiger partial charge is 0.308 e. The topological polar surface area (TPSA) is 151 Å². The summed E-state index contributed by atoms with van der Waals surface area (Å²) in [6, 6.07) is 0. The Labute approximate surface area is 178 Å². The lowest BCUT2D eigenvalue weighted by molar-refractivity contribution is -0.171. The van der Waals surface area contributed by atoms with Crippen molar-refractivity contribution in [2.24, 2.45) is 11.8 Å². The number of fused-ring (bicyclic) bond motifs is 1. The van der Waals surface area contributed by atoms with Gasteiger partial charge in [-0.05, 0) is 0 Å². The van der Waals surface area contributed by atoms with Gasteiger partial charge in [-0.25, -0.2) is 4.98 Å². The summed E-state index contributed by atoms with van der Waals surface area (Å²) in [6.45, 7) is 10.5. The van der Waals surface area contributed by atoms with E-state index < -0.39 is 35.4 Å². The summed E-state index contributed by atoms with van der Waals surface area (Å²) in [5.74, 6) is -1.62. The summed E-state index contributed by atoms with van der Waals surface area (Å²) in [7, 11) is 0. The number of rotatable bonds is 7. The standard InChI is InChI=1S/C20H27N5O6/c1-6-20(8-29-17(27)10(2)3)12(30-18(28)11(4)5)7-13(31-20)25-9-22-14-15(25)23-19(21)24-16(14)26/h6,9-13H,1,7-8H2,2-5H3,(H3,21,23,24,26)/t12-,13+,20+/m0/s1. The van der Waals surface area contributed by atoms with Crippen LogP contribution in [0.5, 0.6) is 0 Å². The summed E-state index contributed by atoms with van der Waals surface area (Å²) in [5, 5.41) is 0. The Morgan fingerprint density at radius 3 is 2.68 bits per heavy atom. The Hall–Kier alpha value is -3.21. The molecule has 2 aromatic heterocycles. The van der Waals surface area contributed by atoms with E-state index in [9.17, 15) is 14.4 Å². The summed E-state index contributed by atoms with van der Waals surface area (Å²) < 4.78 is 18.8. The van der Waals surface area contributed by atoms with Gasteiger partial charge in [-0.3, -0.25) is 23.9 Å². The Morgan fingerprint density at radius 2 is 2.06 bits per heavy atom. The molecule has 3 heterocycles. The number of H-pyrrole nitrogens is 1. The van der Waals surface area contributed by atoms with E-state index in [-0.39, 0.29) is 42.0 Å². The third-order valence-corrected chi connectivity index (χ3v) is 5.06. The largest absolute Gasteiger partial charge is 0.462 e. The predicted molar refractivity (Wildman–Crippen MR) is 111 cm³/mol. The number of carbonyl (C=O) groups excluding carboxylic acids is 2. The van der Waals surface area contributed by atoms with Crippen molar-refractivity contribution in [1.82, 2.24) is 19.5 Å². The fraction of sp³-hybridized carbons (Fsp3) is 0.550. The van der Waals surface area contributed by atoms with Gasteiger partial charge in [0.1, 0.15) is 18.9 Å². The molecule has 0 radical (unpaired) electrons. The predicted octanol–water partition coefficient (Wildman–Crippen LogP) is 1.31. The Morgan fingerprint density at radius 1 is 1.39 bits per heavy atom. The van der Waals surface area contributed by atoms with Crippen LogP contribution in [-0.4, -0.2) is 49.8 Å². The average molecular weight is 433 g/mol. The van der Waals surface area contributed by atoms with E-state index in [1.54, 1.807) is 27.7 Å². The molecule has 0 unspecified atom stereocenters. The van der Waals surface area contributed by atoms with Crippen molar-refractivity contribution in [2.75, 3.05) is 12.3 Å². The molecule has 2 aromatic rings. The van der Waals surface area contributed by atoms with E-state index >= 15 is 0 Å². The molecule has 0 bridgehead atoms. The molecule has 3 rings (SSSR count). The average Bonchev–Trinajstić information content (AvgIpc) is 3.28. The molecule has 1 aliphatic rings. The Balaban J connectivity index is 1.97. The van der Waals surface area contributed by atoms with Gasteiger partial charge in [0.15, 0.2) is 16.8 Å². The summed E-state index contributed by atoms with van der Waals surface area (Å²) in [6.07, 6.45) is 1.55. The van der Waals surface area contributed by atoms with Crippen LogP contribution in [0, 0.1) is 11.8 Å². The molecular formula is C20H27N5O6. The van der Waals surface area contributed by atoms with E-state index in [0.717, 1.165) is 0 Å². The number of esters is 2. The number of nitrogens with zero attached hydrogens (tertiary/aromatic N) is 3. The first-order valence-corrected chi connectivity index (χ1v) is 9.98. The highest BCUT2D eigenvalue weighted by Crippen LogP contribution is 2.41. The monoisotopic (exact) mass is 433 g/mol. The van der Waals surface area contributed by atoms with Gasteiger partial charge in [-0.2, -0.15) is 4.98 Å². The molecule has 168 valence electrons. The van der Waals surface area contributed by atoms with Crippen molar-refractivity contribution in [2.45, 2.75) is 52.0 Å². The van der Waals surface area contributed by atoms with Crippen LogP contribution in [0.1, 0.15) is 40.3 Å². The summed E-state index contributed by atoms with van der Waals surface area (Å²) in [5.41, 5.74) is 4.22. The number of anilines is 1. The Kier molecular flexibility index (Phi) is 6.16. The molecule has 0 aromatic carbocycles. The van der Waals surface area contributed by atoms with Crippen molar-refractivity contribution >= 4 is 29.1 Å². The number of aromatic nitrogens is 4. The van der Waals surface area contributed by atoms with Gasteiger partial charge in [0, 0.05) is 6.42 Å². The molecule has 0 saturated carbocycles. The summed E-state index contributed by atoms with van der Waals surface area (Å²) >= 11 is 0. The van der Waals surface area contributed by atoms with Gasteiger partial charge < -0.3 is 19.9 Å². The van der Waals surface area contributed by atoms with Gasteiger partial charge in [-0.1, -0.05) is 40.3 Å². The van der Waals surface area contributed by atoms with Gasteiger partial charge in [0.2, 0.25) is 5.95 Å². The number of hydrogen-bond donors (Lipinski definition) is 2. The first-order valence-electron chi connectivity index (χ1n) is 9.98. The van der Waals surface area contributed by atoms with E-state index in [0.29, 0.717) is 0 Å². The maximum atomic E-state index is 12.3. The lowest BCUT2D eigenvalue weighted by Gasteiger charge is -2.31. The number of ether oxygens (including phenoxy) is 3. The van der Waals surface area contributed by atoms with Crippen molar-refractivity contribution in [3.8, 4) is 0 Å². The van der Waals surface area contributed by atoms with Crippen LogP contribution in [0.2, 0.25) is 0 Å². The maximum absolute atomic E-state index is 12.3. The van der Waals surface area contributed by atoms with Crippen molar-refractivity contribution in [3.05, 3.63) is 29.3 Å². The minimum absolute atomic E-state index is 0.0686. The lowest BCUT2D eigenvalue weighted by atomic mass is 9.97. The molecule has 0 amide bonds. The molecule has 1 aliphatic heterocycles. The fourth-order valence-electron chi connectivity index (χ4n) is 3.22. The van der Waals surface area contributed by atoms with Crippen LogP contribution in [0.25, 0.3) is 11.2 Å². The van der Waals surface area contributed by atoms with Gasteiger partial charge in [0.05, 0.1) is 18.2 Å². The van der Waals surface area contributed by atoms with E-state index in [1.165, 1.54) is 17.0 Å². The molecule has 1 saturated heterocycles. The highest BCUT2D eigenvalue weighted by Gasteiger charge is 2.51. The molecule has 11 nitrogen and oxygen atoms in total. The second-order valence-electron chi connectivity index (χ2n) is 8.09. The van der Waals surface area contributed by atoms with E-state index in [2.05, 4.69) is 21.5 Å². The minimum atomic E-state index is -1.29. The zero-order valence-electron chi connectivity index (χ0n) is 18.0. The first kappa shape index (κ1) is 22.5. The van der Waals surface area contributed by atoms with E-state index in [4.69, 9.17) is 19.9 Å². The molecule has 3 N–H and O–H groups in total. The number of carbonyl (C=O) groups is 2. The number of nitrogen functional groups attached to an aromatic ring is 1. The minimum Gasteiger partial charge on any atom is -0.462 e. The highest BCUT2D eigenvalue weighted by molar-refractivity contribution is 5.73. The van der Waals surface area contributed by atoms with Crippen LogP contribution in [0.15, 0.2) is 23.8 Å². The van der Waals surface area contributed by atoms with E-state index in [1.807, 2.05) is 0 Å². The number of imidazole rings is 1. The molecule has 0 spiro atoms. The van der Waals surface area contributed by atoms with Crippen LogP contribution >= 0.6 is 0 Å². The van der Waals surface area contributed by atoms with Crippen LogP contribution in [0.4, 0.5) is 5.95 Å². The van der Waals surface area contributed by atoms with Crippen LogP contribution in [-0.2, 0) is 23.8 Å². The number of nitrogens with two attached hydrogens (primary N) is 1. The van der Waals surface area contributed by atoms with Crippen molar-refractivity contribution < 1.29 is 23.8 Å². The maximum Gasteiger partial charge on any atom is 0.308 e. The van der Waals surface area contributed by atoms with Gasteiger partial charge in [-0.15, -0.1) is 0 Å². The summed E-state index contributed by atoms with van der Waals surface area (Å²) in [4.78, 5) is 47.1. The SMILES string of the molecule is C=C[C@]1(COC(=O)C(C)C)O[C@@H](n2cnc3c(=O)[nH]c(N)nc32)C[C@@H]1OC(=O)C(C)C. The lowest BCUT2D eigenvalue weighted by Crippen LogP contribution is -2.45. The third kappa shape index (κ3) is 4.31. The van der Waals surface area contributed by atoms with Crippen LogP contribution in [0.3, 0.4) is 0 Å². The molecular weight excluding hydrogens is 406 g/mol. The van der Waals surface area contributed by atoms with Gasteiger partial charge >= 0.3 is 11.9 Å². The van der Waals surface area contributed by atoms with Gasteiger partial charge in [0.25, 0.3) is 5.56 Å². The van der Waals surface area contributed by atoms with Crippen molar-refractivity contribution in [3.63, 3.8) is 0 Å². The molecule has 1 fully saturated rings. The highest BCUT2D eigenvalue weighted by atomic mass is 16.6. The van der Waals surface area contributed by atoms with Crippen molar-refractivity contribution in [1.29, 1.82) is 0 Å². The fourth-order valence-corrected chi connectivity index (χ4v) is 3.22. The zero-order valence-corrected chi connectivity index (χ0v) is 18.0. The first-order chi connectivity index (χ1) is 14.6. The van der Waals surface area contributed by atoms with Crippen LogP contribution < -0.4 is 11.3 Å². The number of hydrogen-bond acceptors (Lipinski definition) is 9. The number of aromatic amines is 1. The third-order valence-electron chi connectivity index (χ3n) is 5.06. The Bertz CT molecular complexity index is 1060. The molecule has 31 heavy (non-hydrogen) atoms. The second kappa shape index (κ2) is 8.50. The molecule has 3 atom stereocenters. The molecule has 11 heteroatoms. The second-order valence-corrected chi connectivity index (χ2v) is 8.09.